The van der Waals surface area contributed by atoms with Gasteiger partial charge in [-0.15, -0.1) is 0 Å². The van der Waals surface area contributed by atoms with Crippen LogP contribution in [0.15, 0.2) is 44.2 Å². The number of nitrogens with two attached hydrogens (primary N) is 1. The number of nitrogens with one attached hydrogen (secondary N) is 1. The molecule has 0 spiro atoms. The smallest absolute Gasteiger partial charge is 0.0935 e. The number of halogens is 2. The van der Waals surface area contributed by atoms with Crippen molar-refractivity contribution in [3.8, 4) is 0 Å². The minimum atomic E-state index is -0.0601. The first-order chi connectivity index (χ1) is 8.20. The van der Waals surface area contributed by atoms with Crippen molar-refractivity contribution in [2.45, 2.75) is 12.5 Å². The zero-order valence-corrected chi connectivity index (χ0v) is 12.0. The first kappa shape index (κ1) is 12.8. The zero-order chi connectivity index (χ0) is 12.3. The molecule has 2 rings (SSSR count). The van der Waals surface area contributed by atoms with E-state index in [1.54, 1.807) is 18.7 Å². The quantitative estimate of drug-likeness (QED) is 0.650. The molecule has 4 nitrogen and oxygen atoms in total. The van der Waals surface area contributed by atoms with Gasteiger partial charge in [0, 0.05) is 15.1 Å². The largest absolute Gasteiger partial charge is 0.472 e. The number of hydrogen-bond donors (Lipinski definition) is 2. The van der Waals surface area contributed by atoms with Crippen molar-refractivity contribution in [2.75, 3.05) is 0 Å². The van der Waals surface area contributed by atoms with Crippen molar-refractivity contribution < 1.29 is 4.42 Å². The standard InChI is InChI=1S/C11H11Br2N3O/c12-8-4-9(13)11(15-5-8)10(16-14)3-7-1-2-17-6-7/h1-2,4-6,10,16H,3,14H2. The van der Waals surface area contributed by atoms with Gasteiger partial charge in [0.05, 0.1) is 24.3 Å². The molecular weight excluding hydrogens is 350 g/mol. The minimum absolute atomic E-state index is 0.0601. The third kappa shape index (κ3) is 3.16. The molecule has 0 aliphatic heterocycles. The molecule has 0 bridgehead atoms. The summed E-state index contributed by atoms with van der Waals surface area (Å²) in [5.41, 5.74) is 4.71. The Morgan fingerprint density at radius 1 is 1.47 bits per heavy atom. The topological polar surface area (TPSA) is 64.1 Å². The lowest BCUT2D eigenvalue weighted by Gasteiger charge is -2.16. The monoisotopic (exact) mass is 359 g/mol. The van der Waals surface area contributed by atoms with Gasteiger partial charge in [-0.3, -0.25) is 16.3 Å². The zero-order valence-electron chi connectivity index (χ0n) is 8.86. The van der Waals surface area contributed by atoms with Crippen LogP contribution in [0, 0.1) is 0 Å². The molecule has 1 atom stereocenters. The van der Waals surface area contributed by atoms with Crippen LogP contribution in [0.5, 0.6) is 0 Å². The van der Waals surface area contributed by atoms with Crippen LogP contribution in [-0.4, -0.2) is 4.98 Å². The molecule has 0 aliphatic carbocycles. The lowest BCUT2D eigenvalue weighted by Crippen LogP contribution is -2.30. The van der Waals surface area contributed by atoms with Crippen LogP contribution >= 0.6 is 31.9 Å². The van der Waals surface area contributed by atoms with Crippen molar-refractivity contribution in [1.82, 2.24) is 10.4 Å². The second-order valence-corrected chi connectivity index (χ2v) is 5.35. The van der Waals surface area contributed by atoms with Gasteiger partial charge in [0.25, 0.3) is 0 Å². The highest BCUT2D eigenvalue weighted by atomic mass is 79.9. The Morgan fingerprint density at radius 2 is 2.29 bits per heavy atom. The number of rotatable bonds is 4. The van der Waals surface area contributed by atoms with Crippen LogP contribution in [0.25, 0.3) is 0 Å². The lowest BCUT2D eigenvalue weighted by molar-refractivity contribution is 0.525. The van der Waals surface area contributed by atoms with E-state index in [-0.39, 0.29) is 6.04 Å². The molecule has 0 saturated carbocycles. The summed E-state index contributed by atoms with van der Waals surface area (Å²) < 4.78 is 6.88. The van der Waals surface area contributed by atoms with Gasteiger partial charge in [-0.05, 0) is 56.0 Å². The molecule has 2 aromatic rings. The fourth-order valence-electron chi connectivity index (χ4n) is 1.56. The Bertz CT molecular complexity index is 487. The molecule has 0 amide bonds. The number of pyridine rings is 1. The summed E-state index contributed by atoms with van der Waals surface area (Å²) in [6, 6.07) is 3.80. The number of hydrogen-bond acceptors (Lipinski definition) is 4. The Labute approximate surface area is 116 Å². The summed E-state index contributed by atoms with van der Waals surface area (Å²) in [5, 5.41) is 0. The molecule has 0 aliphatic rings. The number of furan rings is 1. The maximum absolute atomic E-state index is 5.58. The predicted octanol–water partition coefficient (Wildman–Crippen LogP) is 2.95. The summed E-state index contributed by atoms with van der Waals surface area (Å²) in [5.74, 6) is 5.58. The van der Waals surface area contributed by atoms with Crippen molar-refractivity contribution in [1.29, 1.82) is 0 Å². The predicted molar refractivity (Wildman–Crippen MR) is 72.1 cm³/mol. The van der Waals surface area contributed by atoms with Crippen molar-refractivity contribution in [2.24, 2.45) is 5.84 Å². The van der Waals surface area contributed by atoms with Crippen molar-refractivity contribution in [3.63, 3.8) is 0 Å². The van der Waals surface area contributed by atoms with E-state index in [1.165, 1.54) is 0 Å². The fourth-order valence-corrected chi connectivity index (χ4v) is 2.82. The van der Waals surface area contributed by atoms with Gasteiger partial charge in [0.1, 0.15) is 0 Å². The van der Waals surface area contributed by atoms with Crippen LogP contribution in [0.1, 0.15) is 17.3 Å². The molecule has 17 heavy (non-hydrogen) atoms. The van der Waals surface area contributed by atoms with Crippen LogP contribution in [0.4, 0.5) is 0 Å². The van der Waals surface area contributed by atoms with Gasteiger partial charge in [0.15, 0.2) is 0 Å². The van der Waals surface area contributed by atoms with E-state index in [0.717, 1.165) is 26.6 Å². The third-order valence-corrected chi connectivity index (χ3v) is 3.46. The van der Waals surface area contributed by atoms with Crippen LogP contribution in [-0.2, 0) is 6.42 Å². The summed E-state index contributed by atoms with van der Waals surface area (Å²) in [7, 11) is 0. The lowest BCUT2D eigenvalue weighted by atomic mass is 10.1. The number of hydrazine groups is 1. The van der Waals surface area contributed by atoms with Gasteiger partial charge < -0.3 is 4.42 Å². The van der Waals surface area contributed by atoms with Gasteiger partial charge in [-0.2, -0.15) is 0 Å². The molecule has 6 heteroatoms. The van der Waals surface area contributed by atoms with Gasteiger partial charge in [-0.1, -0.05) is 0 Å². The highest BCUT2D eigenvalue weighted by Crippen LogP contribution is 2.26. The summed E-state index contributed by atoms with van der Waals surface area (Å²) >= 11 is 6.85. The van der Waals surface area contributed by atoms with Crippen LogP contribution < -0.4 is 11.3 Å². The van der Waals surface area contributed by atoms with E-state index < -0.39 is 0 Å². The molecule has 0 fully saturated rings. The summed E-state index contributed by atoms with van der Waals surface area (Å²) in [6.07, 6.45) is 5.82. The van der Waals surface area contributed by atoms with E-state index >= 15 is 0 Å². The number of aromatic nitrogens is 1. The second kappa shape index (κ2) is 5.77. The first-order valence-corrected chi connectivity index (χ1v) is 6.57. The Kier molecular flexibility index (Phi) is 4.33. The second-order valence-electron chi connectivity index (χ2n) is 3.58. The van der Waals surface area contributed by atoms with E-state index in [4.69, 9.17) is 10.3 Å². The average Bonchev–Trinajstić information content (AvgIpc) is 2.79. The molecule has 90 valence electrons. The highest BCUT2D eigenvalue weighted by molar-refractivity contribution is 9.11. The maximum Gasteiger partial charge on any atom is 0.0935 e. The third-order valence-electron chi connectivity index (χ3n) is 2.39. The summed E-state index contributed by atoms with van der Waals surface area (Å²) in [4.78, 5) is 4.36. The normalized spacial score (nSPS) is 12.6. The molecule has 2 heterocycles. The molecule has 2 aromatic heterocycles. The van der Waals surface area contributed by atoms with E-state index in [0.29, 0.717) is 0 Å². The highest BCUT2D eigenvalue weighted by Gasteiger charge is 2.16. The van der Waals surface area contributed by atoms with Crippen LogP contribution in [0.3, 0.4) is 0 Å². The maximum atomic E-state index is 5.58. The molecule has 3 N–H and O–H groups in total. The Hall–Kier alpha value is -0.690. The van der Waals surface area contributed by atoms with E-state index in [2.05, 4.69) is 42.3 Å². The molecule has 0 radical (unpaired) electrons. The minimum Gasteiger partial charge on any atom is -0.472 e. The Morgan fingerprint density at radius 3 is 2.88 bits per heavy atom. The molecule has 0 aromatic carbocycles. The number of nitrogens with zero attached hydrogens (tertiary/aromatic N) is 1. The van der Waals surface area contributed by atoms with Crippen molar-refractivity contribution in [3.05, 3.63) is 51.1 Å². The molecular formula is C11H11Br2N3O. The average molecular weight is 361 g/mol. The van der Waals surface area contributed by atoms with Gasteiger partial charge in [-0.25, -0.2) is 0 Å². The van der Waals surface area contributed by atoms with Crippen molar-refractivity contribution >= 4 is 31.9 Å². The molecule has 0 saturated heterocycles. The van der Waals surface area contributed by atoms with Gasteiger partial charge in [0.2, 0.25) is 0 Å². The van der Waals surface area contributed by atoms with Crippen LogP contribution in [0.2, 0.25) is 0 Å². The van der Waals surface area contributed by atoms with Gasteiger partial charge >= 0.3 is 0 Å². The Balaban J connectivity index is 2.23. The SMILES string of the molecule is NNC(Cc1ccoc1)c1ncc(Br)cc1Br. The first-order valence-electron chi connectivity index (χ1n) is 4.99. The summed E-state index contributed by atoms with van der Waals surface area (Å²) in [6.45, 7) is 0. The fraction of sp³-hybridized carbons (Fsp3) is 0.182. The molecule has 1 unspecified atom stereocenters. The van der Waals surface area contributed by atoms with E-state index in [9.17, 15) is 0 Å². The van der Waals surface area contributed by atoms with E-state index in [1.807, 2.05) is 12.1 Å².